The minimum Gasteiger partial charge on any atom is -0.465 e. The van der Waals surface area contributed by atoms with Crippen LogP contribution in [-0.4, -0.2) is 24.7 Å². The molecule has 0 aromatic rings. The van der Waals surface area contributed by atoms with Crippen molar-refractivity contribution in [3.05, 3.63) is 0 Å². The smallest absolute Gasteiger partial charge is 0.326 e. The van der Waals surface area contributed by atoms with Crippen molar-refractivity contribution in [1.29, 1.82) is 0 Å². The van der Waals surface area contributed by atoms with Gasteiger partial charge in [-0.15, -0.1) is 0 Å². The molecule has 0 aromatic carbocycles. The Balaban J connectivity index is 4.36. The third-order valence-corrected chi connectivity index (χ3v) is 2.38. The van der Waals surface area contributed by atoms with Gasteiger partial charge in [-0.2, -0.15) is 0 Å². The lowest BCUT2D eigenvalue weighted by Crippen LogP contribution is -2.51. The van der Waals surface area contributed by atoms with Gasteiger partial charge in [0.25, 0.3) is 0 Å². The monoisotopic (exact) mass is 215 g/mol. The van der Waals surface area contributed by atoms with Crippen molar-refractivity contribution < 1.29 is 9.53 Å². The van der Waals surface area contributed by atoms with Gasteiger partial charge in [0, 0.05) is 0 Å². The Labute approximate surface area is 93.6 Å². The van der Waals surface area contributed by atoms with Crippen LogP contribution in [0, 0.1) is 5.92 Å². The second-order valence-electron chi connectivity index (χ2n) is 4.58. The van der Waals surface area contributed by atoms with Crippen LogP contribution >= 0.6 is 0 Å². The lowest BCUT2D eigenvalue weighted by atomic mass is 9.95. The fourth-order valence-corrected chi connectivity index (χ4v) is 1.48. The molecule has 3 heteroatoms. The molecule has 90 valence electrons. The fourth-order valence-electron chi connectivity index (χ4n) is 1.48. The maximum Gasteiger partial charge on any atom is 0.326 e. The average Bonchev–Trinajstić information content (AvgIpc) is 2.15. The molecule has 0 rings (SSSR count). The maximum absolute atomic E-state index is 11.8. The van der Waals surface area contributed by atoms with E-state index in [2.05, 4.69) is 26.1 Å². The Hall–Kier alpha value is -0.570. The molecule has 0 radical (unpaired) electrons. The highest BCUT2D eigenvalue weighted by Crippen LogP contribution is 2.15. The molecular weight excluding hydrogens is 190 g/mol. The summed E-state index contributed by atoms with van der Waals surface area (Å²) in [7, 11) is 0. The summed E-state index contributed by atoms with van der Waals surface area (Å²) < 4.78 is 5.09. The van der Waals surface area contributed by atoms with Crippen molar-refractivity contribution in [1.82, 2.24) is 5.32 Å². The molecule has 3 nitrogen and oxygen atoms in total. The molecule has 0 aromatic heterocycles. The summed E-state index contributed by atoms with van der Waals surface area (Å²) in [6.07, 6.45) is 1.79. The van der Waals surface area contributed by atoms with E-state index in [-0.39, 0.29) is 5.97 Å². The first-order valence-corrected chi connectivity index (χ1v) is 5.88. The number of ether oxygens (including phenoxy) is 1. The highest BCUT2D eigenvalue weighted by atomic mass is 16.5. The van der Waals surface area contributed by atoms with Crippen molar-refractivity contribution in [3.8, 4) is 0 Å². The second-order valence-corrected chi connectivity index (χ2v) is 4.58. The zero-order chi connectivity index (χ0) is 11.9. The van der Waals surface area contributed by atoms with Gasteiger partial charge in [0.1, 0.15) is 5.54 Å². The van der Waals surface area contributed by atoms with Gasteiger partial charge >= 0.3 is 5.97 Å². The molecule has 0 fully saturated rings. The SMILES string of the molecule is CCCC(C)(NCC(C)C)C(=O)OCC. The van der Waals surface area contributed by atoms with E-state index in [0.717, 1.165) is 19.4 Å². The van der Waals surface area contributed by atoms with Crippen molar-refractivity contribution in [2.24, 2.45) is 5.92 Å². The van der Waals surface area contributed by atoms with Crippen LogP contribution in [0.5, 0.6) is 0 Å². The fraction of sp³-hybridized carbons (Fsp3) is 0.917. The number of nitrogens with one attached hydrogen (secondary N) is 1. The van der Waals surface area contributed by atoms with Gasteiger partial charge in [0.2, 0.25) is 0 Å². The zero-order valence-corrected chi connectivity index (χ0v) is 10.7. The highest BCUT2D eigenvalue weighted by Gasteiger charge is 2.33. The predicted molar refractivity (Wildman–Crippen MR) is 62.8 cm³/mol. The van der Waals surface area contributed by atoms with E-state index in [4.69, 9.17) is 4.74 Å². The molecule has 15 heavy (non-hydrogen) atoms. The van der Waals surface area contributed by atoms with Crippen molar-refractivity contribution in [2.45, 2.75) is 53.0 Å². The third-order valence-electron chi connectivity index (χ3n) is 2.38. The molecule has 1 unspecified atom stereocenters. The Morgan fingerprint density at radius 1 is 1.40 bits per heavy atom. The molecule has 0 aliphatic rings. The largest absolute Gasteiger partial charge is 0.465 e. The molecule has 0 amide bonds. The molecule has 0 aliphatic heterocycles. The summed E-state index contributed by atoms with van der Waals surface area (Å²) in [5.74, 6) is 0.406. The van der Waals surface area contributed by atoms with Crippen LogP contribution < -0.4 is 5.32 Å². The Kier molecular flexibility index (Phi) is 6.57. The van der Waals surface area contributed by atoms with E-state index >= 15 is 0 Å². The molecule has 0 bridgehead atoms. The molecular formula is C12H25NO2. The molecule has 1 N–H and O–H groups in total. The van der Waals surface area contributed by atoms with Crippen LogP contribution in [0.1, 0.15) is 47.5 Å². The standard InChI is InChI=1S/C12H25NO2/c1-6-8-12(5,11(14)15-7-2)13-9-10(3)4/h10,13H,6-9H2,1-5H3. The van der Waals surface area contributed by atoms with Gasteiger partial charge in [-0.05, 0) is 32.7 Å². The summed E-state index contributed by atoms with van der Waals surface area (Å²) >= 11 is 0. The van der Waals surface area contributed by atoms with E-state index in [0.29, 0.717) is 12.5 Å². The van der Waals surface area contributed by atoms with E-state index in [1.807, 2.05) is 13.8 Å². The molecule has 1 atom stereocenters. The second kappa shape index (κ2) is 6.83. The maximum atomic E-state index is 11.8. The minimum absolute atomic E-state index is 0.132. The van der Waals surface area contributed by atoms with Crippen molar-refractivity contribution >= 4 is 5.97 Å². The lowest BCUT2D eigenvalue weighted by molar-refractivity contribution is -0.150. The van der Waals surface area contributed by atoms with E-state index in [9.17, 15) is 4.79 Å². The van der Waals surface area contributed by atoms with Gasteiger partial charge in [-0.3, -0.25) is 4.79 Å². The van der Waals surface area contributed by atoms with Gasteiger partial charge in [0.05, 0.1) is 6.61 Å². The first-order valence-electron chi connectivity index (χ1n) is 5.88. The van der Waals surface area contributed by atoms with Crippen molar-refractivity contribution in [2.75, 3.05) is 13.2 Å². The lowest BCUT2D eigenvalue weighted by Gasteiger charge is -2.29. The minimum atomic E-state index is -0.519. The first kappa shape index (κ1) is 14.4. The molecule has 0 heterocycles. The van der Waals surface area contributed by atoms with E-state index in [1.165, 1.54) is 0 Å². The summed E-state index contributed by atoms with van der Waals surface area (Å²) in [6.45, 7) is 11.4. The van der Waals surface area contributed by atoms with E-state index in [1.54, 1.807) is 0 Å². The van der Waals surface area contributed by atoms with Crippen molar-refractivity contribution in [3.63, 3.8) is 0 Å². The van der Waals surface area contributed by atoms with Crippen LogP contribution in [0.25, 0.3) is 0 Å². The Morgan fingerprint density at radius 3 is 2.40 bits per heavy atom. The summed E-state index contributed by atoms with van der Waals surface area (Å²) in [4.78, 5) is 11.8. The molecule has 0 saturated heterocycles. The van der Waals surface area contributed by atoms with Gasteiger partial charge in [-0.25, -0.2) is 0 Å². The molecule has 0 aliphatic carbocycles. The number of hydrogen-bond acceptors (Lipinski definition) is 3. The quantitative estimate of drug-likeness (QED) is 0.662. The molecule has 0 spiro atoms. The van der Waals surface area contributed by atoms with Gasteiger partial charge in [0.15, 0.2) is 0 Å². The number of rotatable bonds is 7. The van der Waals surface area contributed by atoms with Gasteiger partial charge in [-0.1, -0.05) is 27.2 Å². The number of hydrogen-bond donors (Lipinski definition) is 1. The Morgan fingerprint density at radius 2 is 2.00 bits per heavy atom. The zero-order valence-electron chi connectivity index (χ0n) is 10.7. The van der Waals surface area contributed by atoms with Crippen LogP contribution in [-0.2, 0) is 9.53 Å². The molecule has 0 saturated carbocycles. The van der Waals surface area contributed by atoms with Crippen LogP contribution in [0.15, 0.2) is 0 Å². The summed E-state index contributed by atoms with van der Waals surface area (Å²) in [5, 5.41) is 3.31. The highest BCUT2D eigenvalue weighted by molar-refractivity contribution is 5.80. The normalized spacial score (nSPS) is 15.1. The average molecular weight is 215 g/mol. The topological polar surface area (TPSA) is 38.3 Å². The summed E-state index contributed by atoms with van der Waals surface area (Å²) in [6, 6.07) is 0. The van der Waals surface area contributed by atoms with Crippen LogP contribution in [0.2, 0.25) is 0 Å². The number of carbonyl (C=O) groups excluding carboxylic acids is 1. The number of esters is 1. The van der Waals surface area contributed by atoms with Gasteiger partial charge < -0.3 is 10.1 Å². The Bertz CT molecular complexity index is 192. The van der Waals surface area contributed by atoms with Crippen LogP contribution in [0.4, 0.5) is 0 Å². The number of carbonyl (C=O) groups is 1. The predicted octanol–water partition coefficient (Wildman–Crippen LogP) is 2.35. The third kappa shape index (κ3) is 5.17. The summed E-state index contributed by atoms with van der Waals surface area (Å²) in [5.41, 5.74) is -0.519. The first-order chi connectivity index (χ1) is 6.96. The van der Waals surface area contributed by atoms with E-state index < -0.39 is 5.54 Å². The van der Waals surface area contributed by atoms with Crippen LogP contribution in [0.3, 0.4) is 0 Å².